The number of nitrogens with one attached hydrogen (secondary N) is 2. The van der Waals surface area contributed by atoms with Gasteiger partial charge in [0.15, 0.2) is 0 Å². The fourth-order valence-electron chi connectivity index (χ4n) is 3.66. The Kier molecular flexibility index (Phi) is 6.55. The topological polar surface area (TPSA) is 98.7 Å². The monoisotopic (exact) mass is 467 g/mol. The molecular weight excluding hydrogens is 437 g/mol. The molecule has 0 spiro atoms. The van der Waals surface area contributed by atoms with E-state index < -0.39 is 30.2 Å². The minimum atomic E-state index is -0.745. The van der Waals surface area contributed by atoms with Gasteiger partial charge < -0.3 is 15.7 Å². The van der Waals surface area contributed by atoms with Crippen molar-refractivity contribution in [3.8, 4) is 5.75 Å². The number of amides is 4. The molecule has 1 heterocycles. The molecule has 1 fully saturated rings. The average Bonchev–Trinajstić information content (AvgIpc) is 2.96. The molecule has 3 N–H and O–H groups in total. The Hall–Kier alpha value is -3.68. The summed E-state index contributed by atoms with van der Waals surface area (Å²) in [5.74, 6) is -1.79. The number of anilines is 1. The van der Waals surface area contributed by atoms with Crippen molar-refractivity contribution in [2.75, 3.05) is 11.9 Å². The third-order valence-corrected chi connectivity index (χ3v) is 5.47. The van der Waals surface area contributed by atoms with Gasteiger partial charge in [0.1, 0.15) is 23.8 Å². The lowest BCUT2D eigenvalue weighted by Gasteiger charge is -2.28. The van der Waals surface area contributed by atoms with Gasteiger partial charge in [-0.2, -0.15) is 0 Å². The summed E-state index contributed by atoms with van der Waals surface area (Å²) in [7, 11) is 0. The number of hydrogen-bond donors (Lipinski definition) is 3. The number of aromatic hydroxyl groups is 1. The Balaban J connectivity index is 1.89. The van der Waals surface area contributed by atoms with Crippen molar-refractivity contribution < 1.29 is 23.9 Å². The van der Waals surface area contributed by atoms with Crippen LogP contribution >= 0.6 is 0 Å². The lowest BCUT2D eigenvalue weighted by atomic mass is 9.78. The van der Waals surface area contributed by atoms with Gasteiger partial charge in [-0.05, 0) is 46.7 Å². The van der Waals surface area contributed by atoms with Crippen LogP contribution in [0.1, 0.15) is 58.2 Å². The minimum Gasteiger partial charge on any atom is -0.507 e. The van der Waals surface area contributed by atoms with Crippen LogP contribution in [-0.4, -0.2) is 34.4 Å². The highest BCUT2D eigenvalue weighted by molar-refractivity contribution is 6.16. The van der Waals surface area contributed by atoms with Crippen LogP contribution in [0.5, 0.6) is 5.75 Å². The van der Waals surface area contributed by atoms with Crippen molar-refractivity contribution in [3.05, 3.63) is 64.6 Å². The summed E-state index contributed by atoms with van der Waals surface area (Å²) in [6.45, 7) is 11.3. The van der Waals surface area contributed by atoms with E-state index in [9.17, 15) is 23.9 Å². The van der Waals surface area contributed by atoms with E-state index in [0.29, 0.717) is 16.7 Å². The number of carbonyl (C=O) groups is 3. The number of hydrogen-bond acceptors (Lipinski definition) is 4. The molecule has 2 aromatic rings. The van der Waals surface area contributed by atoms with E-state index in [0.717, 1.165) is 4.90 Å². The highest BCUT2D eigenvalue weighted by Gasteiger charge is 2.35. The van der Waals surface area contributed by atoms with Crippen molar-refractivity contribution in [3.63, 3.8) is 0 Å². The Morgan fingerprint density at radius 2 is 1.62 bits per heavy atom. The molecule has 3 rings (SSSR count). The molecule has 8 heteroatoms. The molecule has 1 aliphatic rings. The number of imide groups is 1. The maximum atomic E-state index is 13.8. The first-order valence-corrected chi connectivity index (χ1v) is 11.0. The number of nitrogens with zero attached hydrogens (tertiary/aromatic N) is 1. The molecule has 0 saturated carbocycles. The van der Waals surface area contributed by atoms with Crippen molar-refractivity contribution >= 4 is 29.6 Å². The van der Waals surface area contributed by atoms with Gasteiger partial charge in [-0.3, -0.25) is 9.59 Å². The Morgan fingerprint density at radius 3 is 2.15 bits per heavy atom. The fraction of sp³-hybridized carbons (Fsp3) is 0.346. The largest absolute Gasteiger partial charge is 0.507 e. The first kappa shape index (κ1) is 25.0. The summed E-state index contributed by atoms with van der Waals surface area (Å²) >= 11 is 0. The second-order valence-corrected chi connectivity index (χ2v) is 10.4. The lowest BCUT2D eigenvalue weighted by Crippen LogP contribution is -2.38. The van der Waals surface area contributed by atoms with Crippen LogP contribution in [0.4, 0.5) is 14.9 Å². The second-order valence-electron chi connectivity index (χ2n) is 10.4. The molecule has 1 saturated heterocycles. The number of phenolic OH excluding ortho intramolecular Hbond substituents is 1. The fourth-order valence-corrected chi connectivity index (χ4v) is 3.66. The number of halogens is 1. The van der Waals surface area contributed by atoms with Crippen LogP contribution in [-0.2, 0) is 20.4 Å². The van der Waals surface area contributed by atoms with Crippen molar-refractivity contribution in [1.29, 1.82) is 0 Å². The van der Waals surface area contributed by atoms with Gasteiger partial charge in [0.25, 0.3) is 5.91 Å². The molecule has 7 nitrogen and oxygen atoms in total. The number of benzene rings is 2. The van der Waals surface area contributed by atoms with Gasteiger partial charge in [-0.1, -0.05) is 53.7 Å². The van der Waals surface area contributed by atoms with Gasteiger partial charge in [-0.15, -0.1) is 0 Å². The molecule has 4 amide bonds. The molecule has 0 bridgehead atoms. The van der Waals surface area contributed by atoms with Crippen LogP contribution in [0.15, 0.2) is 42.1 Å². The van der Waals surface area contributed by atoms with E-state index in [1.807, 2.05) is 41.5 Å². The smallest absolute Gasteiger partial charge is 0.329 e. The van der Waals surface area contributed by atoms with Gasteiger partial charge in [0.05, 0.1) is 5.69 Å². The highest BCUT2D eigenvalue weighted by Crippen LogP contribution is 2.40. The molecule has 0 aromatic heterocycles. The summed E-state index contributed by atoms with van der Waals surface area (Å²) in [5, 5.41) is 15.7. The van der Waals surface area contributed by atoms with Crippen LogP contribution < -0.4 is 10.6 Å². The van der Waals surface area contributed by atoms with Crippen LogP contribution in [0, 0.1) is 5.82 Å². The zero-order valence-corrected chi connectivity index (χ0v) is 20.2. The normalized spacial score (nSPS) is 15.6. The number of carbonyl (C=O) groups excluding carboxylic acids is 3. The number of phenols is 1. The maximum absolute atomic E-state index is 13.8. The van der Waals surface area contributed by atoms with E-state index in [1.165, 1.54) is 24.3 Å². The predicted molar refractivity (Wildman–Crippen MR) is 129 cm³/mol. The van der Waals surface area contributed by atoms with Crippen molar-refractivity contribution in [2.45, 2.75) is 52.4 Å². The summed E-state index contributed by atoms with van der Waals surface area (Å²) in [6, 6.07) is 8.44. The maximum Gasteiger partial charge on any atom is 0.329 e. The molecule has 0 unspecified atom stereocenters. The standard InChI is InChI=1S/C26H30FN3O4/c1-25(2,3)16-11-15(12-17(22(16)32)26(4,5)6)13-20-23(33)30(24(34)29-20)14-21(31)28-19-10-8-7-9-18(19)27/h7-13,32H,14H2,1-6H3,(H,28,31)(H,29,34)/b20-13+. The molecule has 0 atom stereocenters. The average molecular weight is 468 g/mol. The predicted octanol–water partition coefficient (Wildman–Crippen LogP) is 4.66. The van der Waals surface area contributed by atoms with Gasteiger partial charge in [0.2, 0.25) is 5.91 Å². The molecule has 1 aliphatic heterocycles. The van der Waals surface area contributed by atoms with Gasteiger partial charge in [0, 0.05) is 11.1 Å². The van der Waals surface area contributed by atoms with E-state index >= 15 is 0 Å². The van der Waals surface area contributed by atoms with Crippen molar-refractivity contribution in [2.24, 2.45) is 0 Å². The van der Waals surface area contributed by atoms with Crippen molar-refractivity contribution in [1.82, 2.24) is 10.2 Å². The van der Waals surface area contributed by atoms with E-state index in [-0.39, 0.29) is 28.0 Å². The summed E-state index contributed by atoms with van der Waals surface area (Å²) < 4.78 is 13.8. The molecule has 0 radical (unpaired) electrons. The summed E-state index contributed by atoms with van der Waals surface area (Å²) in [6.07, 6.45) is 1.53. The van der Waals surface area contributed by atoms with Crippen LogP contribution in [0.25, 0.3) is 6.08 Å². The Bertz CT molecular complexity index is 1150. The number of rotatable bonds is 4. The van der Waals surface area contributed by atoms with E-state index in [2.05, 4.69) is 10.6 Å². The number of urea groups is 1. The SMILES string of the molecule is CC(C)(C)c1cc(/C=C2/NC(=O)N(CC(=O)Nc3ccccc3F)C2=O)cc(C(C)(C)C)c1O. The summed E-state index contributed by atoms with van der Waals surface area (Å²) in [4.78, 5) is 38.4. The zero-order valence-electron chi connectivity index (χ0n) is 20.2. The van der Waals surface area contributed by atoms with Crippen LogP contribution in [0.2, 0.25) is 0 Å². The number of para-hydroxylation sites is 1. The molecular formula is C26H30FN3O4. The van der Waals surface area contributed by atoms with Gasteiger partial charge >= 0.3 is 6.03 Å². The second kappa shape index (κ2) is 8.93. The highest BCUT2D eigenvalue weighted by atomic mass is 19.1. The first-order valence-electron chi connectivity index (χ1n) is 11.0. The molecule has 180 valence electrons. The quantitative estimate of drug-likeness (QED) is 0.450. The first-order chi connectivity index (χ1) is 15.7. The molecule has 2 aromatic carbocycles. The third kappa shape index (κ3) is 5.27. The van der Waals surface area contributed by atoms with E-state index in [1.54, 1.807) is 18.2 Å². The third-order valence-electron chi connectivity index (χ3n) is 5.47. The minimum absolute atomic E-state index is 0.00843. The Labute approximate surface area is 198 Å². The van der Waals surface area contributed by atoms with Gasteiger partial charge in [-0.25, -0.2) is 14.1 Å². The Morgan fingerprint density at radius 1 is 1.06 bits per heavy atom. The van der Waals surface area contributed by atoms with Crippen LogP contribution in [0.3, 0.4) is 0 Å². The molecule has 0 aliphatic carbocycles. The van der Waals surface area contributed by atoms with E-state index in [4.69, 9.17) is 0 Å². The molecule has 34 heavy (non-hydrogen) atoms. The lowest BCUT2D eigenvalue weighted by molar-refractivity contribution is -0.127. The zero-order chi connectivity index (χ0) is 25.4. The summed E-state index contributed by atoms with van der Waals surface area (Å²) in [5.41, 5.74) is 1.30.